The maximum atomic E-state index is 14.2. The summed E-state index contributed by atoms with van der Waals surface area (Å²) in [5.74, 6) is 0.199. The SMILES string of the molecule is COc1ccc(CNC(=O)CCc2nc3ccccc3n(Cc3ccccc3F)c2=O)cc1. The van der Waals surface area contributed by atoms with Crippen molar-refractivity contribution in [1.82, 2.24) is 14.9 Å². The summed E-state index contributed by atoms with van der Waals surface area (Å²) < 4.78 is 20.9. The lowest BCUT2D eigenvalue weighted by molar-refractivity contribution is -0.121. The zero-order valence-corrected chi connectivity index (χ0v) is 18.3. The summed E-state index contributed by atoms with van der Waals surface area (Å²) in [6, 6.07) is 21.0. The van der Waals surface area contributed by atoms with Crippen LogP contribution in [-0.4, -0.2) is 22.6 Å². The van der Waals surface area contributed by atoms with Crippen LogP contribution in [0, 0.1) is 5.82 Å². The molecule has 168 valence electrons. The van der Waals surface area contributed by atoms with E-state index in [2.05, 4.69) is 10.3 Å². The minimum Gasteiger partial charge on any atom is -0.497 e. The fourth-order valence-corrected chi connectivity index (χ4v) is 3.63. The molecule has 1 N–H and O–H groups in total. The number of rotatable bonds is 8. The monoisotopic (exact) mass is 445 g/mol. The van der Waals surface area contributed by atoms with Crippen LogP contribution in [0.5, 0.6) is 5.75 Å². The second-order valence-corrected chi connectivity index (χ2v) is 7.65. The zero-order valence-electron chi connectivity index (χ0n) is 18.3. The van der Waals surface area contributed by atoms with Crippen LogP contribution in [0.2, 0.25) is 0 Å². The zero-order chi connectivity index (χ0) is 23.2. The van der Waals surface area contributed by atoms with Crippen LogP contribution in [-0.2, 0) is 24.3 Å². The van der Waals surface area contributed by atoms with Crippen LogP contribution < -0.4 is 15.6 Å². The average Bonchev–Trinajstić information content (AvgIpc) is 2.85. The molecule has 4 rings (SSSR count). The Kier molecular flexibility index (Phi) is 6.78. The van der Waals surface area contributed by atoms with Gasteiger partial charge in [0.05, 0.1) is 24.7 Å². The maximum absolute atomic E-state index is 14.2. The van der Waals surface area contributed by atoms with Crippen molar-refractivity contribution in [1.29, 1.82) is 0 Å². The molecular weight excluding hydrogens is 421 g/mol. The molecule has 1 aromatic heterocycles. The lowest BCUT2D eigenvalue weighted by Crippen LogP contribution is -2.28. The molecule has 0 aliphatic carbocycles. The van der Waals surface area contributed by atoms with Crippen molar-refractivity contribution in [2.24, 2.45) is 0 Å². The highest BCUT2D eigenvalue weighted by molar-refractivity contribution is 5.77. The third kappa shape index (κ3) is 5.26. The summed E-state index contributed by atoms with van der Waals surface area (Å²) in [5.41, 5.74) is 2.57. The first kappa shape index (κ1) is 22.2. The number of nitrogens with zero attached hydrogens (tertiary/aromatic N) is 2. The molecule has 6 nitrogen and oxygen atoms in total. The lowest BCUT2D eigenvalue weighted by atomic mass is 10.1. The van der Waals surface area contributed by atoms with Gasteiger partial charge in [0.15, 0.2) is 0 Å². The number of carbonyl (C=O) groups excluding carboxylic acids is 1. The van der Waals surface area contributed by atoms with E-state index in [9.17, 15) is 14.0 Å². The highest BCUT2D eigenvalue weighted by Crippen LogP contribution is 2.15. The van der Waals surface area contributed by atoms with Crippen LogP contribution in [0.25, 0.3) is 11.0 Å². The first-order chi connectivity index (χ1) is 16.0. The molecule has 1 amide bonds. The van der Waals surface area contributed by atoms with Crippen molar-refractivity contribution in [3.63, 3.8) is 0 Å². The Bertz CT molecular complexity index is 1330. The topological polar surface area (TPSA) is 73.2 Å². The molecule has 0 fully saturated rings. The predicted molar refractivity (Wildman–Crippen MR) is 125 cm³/mol. The number of benzene rings is 3. The second-order valence-electron chi connectivity index (χ2n) is 7.65. The molecule has 0 aliphatic rings. The van der Waals surface area contributed by atoms with E-state index in [0.29, 0.717) is 23.1 Å². The fourth-order valence-electron chi connectivity index (χ4n) is 3.63. The van der Waals surface area contributed by atoms with Crippen molar-refractivity contribution in [2.45, 2.75) is 25.9 Å². The van der Waals surface area contributed by atoms with Gasteiger partial charge in [0, 0.05) is 24.9 Å². The third-order valence-electron chi connectivity index (χ3n) is 5.44. The van der Waals surface area contributed by atoms with E-state index in [0.717, 1.165) is 11.3 Å². The number of ether oxygens (including phenoxy) is 1. The van der Waals surface area contributed by atoms with Crippen LogP contribution in [0.15, 0.2) is 77.6 Å². The smallest absolute Gasteiger partial charge is 0.273 e. The summed E-state index contributed by atoms with van der Waals surface area (Å²) in [5, 5.41) is 2.86. The van der Waals surface area contributed by atoms with Gasteiger partial charge >= 0.3 is 0 Å². The number of para-hydroxylation sites is 2. The molecule has 0 unspecified atom stereocenters. The number of fused-ring (bicyclic) bond motifs is 1. The van der Waals surface area contributed by atoms with E-state index in [4.69, 9.17) is 4.74 Å². The van der Waals surface area contributed by atoms with Gasteiger partial charge in [-0.1, -0.05) is 42.5 Å². The Hall–Kier alpha value is -4.00. The number of halogens is 1. The van der Waals surface area contributed by atoms with Gasteiger partial charge in [-0.15, -0.1) is 0 Å². The predicted octanol–water partition coefficient (Wildman–Crippen LogP) is 3.84. The third-order valence-corrected chi connectivity index (χ3v) is 5.44. The lowest BCUT2D eigenvalue weighted by Gasteiger charge is -2.13. The summed E-state index contributed by atoms with van der Waals surface area (Å²) in [6.07, 6.45) is 0.311. The van der Waals surface area contributed by atoms with Gasteiger partial charge in [-0.25, -0.2) is 9.37 Å². The van der Waals surface area contributed by atoms with Crippen LogP contribution in [0.1, 0.15) is 23.2 Å². The van der Waals surface area contributed by atoms with E-state index >= 15 is 0 Å². The van der Waals surface area contributed by atoms with Crippen molar-refractivity contribution in [3.05, 3.63) is 106 Å². The van der Waals surface area contributed by atoms with Gasteiger partial charge in [0.1, 0.15) is 17.3 Å². The number of hydrogen-bond acceptors (Lipinski definition) is 4. The van der Waals surface area contributed by atoms with Crippen molar-refractivity contribution >= 4 is 16.9 Å². The molecule has 0 radical (unpaired) electrons. The highest BCUT2D eigenvalue weighted by atomic mass is 19.1. The molecule has 0 aliphatic heterocycles. The van der Waals surface area contributed by atoms with Crippen molar-refractivity contribution < 1.29 is 13.9 Å². The summed E-state index contributed by atoms with van der Waals surface area (Å²) >= 11 is 0. The summed E-state index contributed by atoms with van der Waals surface area (Å²) in [6.45, 7) is 0.469. The first-order valence-corrected chi connectivity index (χ1v) is 10.7. The number of aromatic nitrogens is 2. The minimum absolute atomic E-state index is 0.0885. The molecule has 7 heteroatoms. The van der Waals surface area contributed by atoms with Crippen LogP contribution in [0.3, 0.4) is 0 Å². The Morgan fingerprint density at radius 1 is 1.03 bits per heavy atom. The van der Waals surface area contributed by atoms with Crippen molar-refractivity contribution in [3.8, 4) is 5.75 Å². The molecule has 0 spiro atoms. The second kappa shape index (κ2) is 10.1. The van der Waals surface area contributed by atoms with Crippen LogP contribution >= 0.6 is 0 Å². The number of aryl methyl sites for hydroxylation is 1. The molecular formula is C26H24FN3O3. The first-order valence-electron chi connectivity index (χ1n) is 10.7. The largest absolute Gasteiger partial charge is 0.497 e. The van der Waals surface area contributed by atoms with Gasteiger partial charge in [-0.2, -0.15) is 0 Å². The van der Waals surface area contributed by atoms with Gasteiger partial charge in [-0.05, 0) is 35.9 Å². The Morgan fingerprint density at radius 2 is 1.76 bits per heavy atom. The Morgan fingerprint density at radius 3 is 2.52 bits per heavy atom. The Balaban J connectivity index is 1.50. The number of amides is 1. The molecule has 4 aromatic rings. The molecule has 0 atom stereocenters. The number of hydrogen-bond donors (Lipinski definition) is 1. The van der Waals surface area contributed by atoms with E-state index in [1.54, 1.807) is 37.4 Å². The van der Waals surface area contributed by atoms with Crippen LogP contribution in [0.4, 0.5) is 4.39 Å². The van der Waals surface area contributed by atoms with E-state index < -0.39 is 0 Å². The molecule has 1 heterocycles. The summed E-state index contributed by atoms with van der Waals surface area (Å²) in [4.78, 5) is 30.1. The molecule has 0 bridgehead atoms. The van der Waals surface area contributed by atoms with E-state index in [1.807, 2.05) is 36.4 Å². The number of nitrogens with one attached hydrogen (secondary N) is 1. The highest BCUT2D eigenvalue weighted by Gasteiger charge is 2.14. The maximum Gasteiger partial charge on any atom is 0.273 e. The van der Waals surface area contributed by atoms with Crippen molar-refractivity contribution in [2.75, 3.05) is 7.11 Å². The Labute approximate surface area is 190 Å². The van der Waals surface area contributed by atoms with E-state index in [-0.39, 0.29) is 42.4 Å². The fraction of sp³-hybridized carbons (Fsp3) is 0.192. The normalized spacial score (nSPS) is 10.8. The van der Waals surface area contributed by atoms with Gasteiger partial charge in [0.2, 0.25) is 5.91 Å². The number of carbonyl (C=O) groups is 1. The quantitative estimate of drug-likeness (QED) is 0.447. The van der Waals surface area contributed by atoms with Gasteiger partial charge < -0.3 is 14.6 Å². The summed E-state index contributed by atoms with van der Waals surface area (Å²) in [7, 11) is 1.60. The van der Waals surface area contributed by atoms with Gasteiger partial charge in [0.25, 0.3) is 5.56 Å². The van der Waals surface area contributed by atoms with E-state index in [1.165, 1.54) is 10.6 Å². The molecule has 0 saturated carbocycles. The minimum atomic E-state index is -0.371. The molecule has 33 heavy (non-hydrogen) atoms. The average molecular weight is 445 g/mol. The number of methoxy groups -OCH3 is 1. The standard InChI is InChI=1S/C26H24FN3O3/c1-33-20-12-10-18(11-13-20)16-28-25(31)15-14-23-26(32)30(17-19-6-2-3-7-21(19)27)24-9-5-4-8-22(24)29-23/h2-13H,14-17H2,1H3,(H,28,31). The van der Waals surface area contributed by atoms with Gasteiger partial charge in [-0.3, -0.25) is 9.59 Å². The molecule has 0 saturated heterocycles. The molecule has 3 aromatic carbocycles.